The van der Waals surface area contributed by atoms with E-state index in [-0.39, 0.29) is 11.3 Å². The molecule has 0 saturated heterocycles. The first-order valence-electron chi connectivity index (χ1n) is 6.88. The lowest BCUT2D eigenvalue weighted by Gasteiger charge is -2.09. The molecule has 0 saturated carbocycles. The van der Waals surface area contributed by atoms with Gasteiger partial charge in [-0.25, -0.2) is 4.79 Å². The summed E-state index contributed by atoms with van der Waals surface area (Å²) in [5.41, 5.74) is 1.38. The number of esters is 1. The van der Waals surface area contributed by atoms with E-state index in [1.165, 1.54) is 20.1 Å². The van der Waals surface area contributed by atoms with Crippen molar-refractivity contribution >= 4 is 23.6 Å². The number of ether oxygens (including phenoxy) is 2. The number of carboxylic acids is 1. The summed E-state index contributed by atoms with van der Waals surface area (Å²) in [6.07, 6.45) is 1.54. The summed E-state index contributed by atoms with van der Waals surface area (Å²) in [5, 5.41) is 9.42. The largest absolute Gasteiger partial charge is 0.493 e. The van der Waals surface area contributed by atoms with Crippen LogP contribution in [0.2, 0.25) is 0 Å². The quantitative estimate of drug-likeness (QED) is 0.397. The monoisotopic (exact) mass is 312 g/mol. The first kappa shape index (κ1) is 16.3. The van der Waals surface area contributed by atoms with Gasteiger partial charge in [-0.3, -0.25) is 4.79 Å². The fraction of sp³-hybridized carbons (Fsp3) is 0.111. The highest BCUT2D eigenvalue weighted by Crippen LogP contribution is 2.30. The second kappa shape index (κ2) is 7.26. The molecule has 0 aliphatic heterocycles. The Labute approximate surface area is 133 Å². The first-order chi connectivity index (χ1) is 11.0. The predicted octanol–water partition coefficient (Wildman–Crippen LogP) is 3.25. The number of hydrogen-bond donors (Lipinski definition) is 1. The van der Waals surface area contributed by atoms with Crippen LogP contribution >= 0.6 is 0 Å². The Bertz CT molecular complexity index is 747. The molecule has 0 unspecified atom stereocenters. The summed E-state index contributed by atoms with van der Waals surface area (Å²) in [6.45, 7) is 1.30. The van der Waals surface area contributed by atoms with Gasteiger partial charge in [-0.1, -0.05) is 36.4 Å². The third kappa shape index (κ3) is 4.20. The first-order valence-corrected chi connectivity index (χ1v) is 6.88. The Hall–Kier alpha value is -3.08. The lowest BCUT2D eigenvalue weighted by Crippen LogP contribution is -2.03. The third-order valence-electron chi connectivity index (χ3n) is 3.07. The lowest BCUT2D eigenvalue weighted by atomic mass is 10.0. The standard InChI is InChI=1S/C18H16O5/c1-12(19)23-16-9-8-13(11-17(16)22-2)10-15(18(20)21)14-6-4-3-5-7-14/h3-11H,1-2H3,(H,20,21)/b15-10-. The van der Waals surface area contributed by atoms with Crippen LogP contribution in [0.3, 0.4) is 0 Å². The van der Waals surface area contributed by atoms with E-state index >= 15 is 0 Å². The number of carbonyl (C=O) groups is 2. The number of benzene rings is 2. The van der Waals surface area contributed by atoms with Gasteiger partial charge in [0.25, 0.3) is 0 Å². The van der Waals surface area contributed by atoms with E-state index in [1.54, 1.807) is 42.5 Å². The SMILES string of the molecule is COc1cc(/C=C(\C(=O)O)c2ccccc2)ccc1OC(C)=O. The van der Waals surface area contributed by atoms with Crippen molar-refractivity contribution in [2.45, 2.75) is 6.92 Å². The molecule has 0 aliphatic rings. The smallest absolute Gasteiger partial charge is 0.336 e. The molecule has 0 radical (unpaired) electrons. The van der Waals surface area contributed by atoms with Crippen LogP contribution in [0.25, 0.3) is 11.6 Å². The fourth-order valence-electron chi connectivity index (χ4n) is 2.07. The normalized spacial score (nSPS) is 11.0. The molecule has 2 aromatic carbocycles. The molecule has 0 fully saturated rings. The number of carboxylic acid groups (broad SMARTS) is 1. The van der Waals surface area contributed by atoms with E-state index in [0.717, 1.165) is 0 Å². The third-order valence-corrected chi connectivity index (χ3v) is 3.07. The number of carbonyl (C=O) groups excluding carboxylic acids is 1. The molecule has 1 N–H and O–H groups in total. The van der Waals surface area contributed by atoms with Gasteiger partial charge in [-0.15, -0.1) is 0 Å². The Morgan fingerprint density at radius 3 is 2.30 bits per heavy atom. The molecule has 5 nitrogen and oxygen atoms in total. The molecule has 0 bridgehead atoms. The zero-order valence-electron chi connectivity index (χ0n) is 12.8. The van der Waals surface area contributed by atoms with Crippen molar-refractivity contribution in [3.8, 4) is 11.5 Å². The molecule has 0 atom stereocenters. The minimum Gasteiger partial charge on any atom is -0.493 e. The molecule has 5 heteroatoms. The van der Waals surface area contributed by atoms with Gasteiger partial charge in [0, 0.05) is 6.92 Å². The molecule has 23 heavy (non-hydrogen) atoms. The van der Waals surface area contributed by atoms with Crippen LogP contribution in [0.15, 0.2) is 48.5 Å². The summed E-state index contributed by atoms with van der Waals surface area (Å²) in [4.78, 5) is 22.6. The maximum absolute atomic E-state index is 11.5. The van der Waals surface area contributed by atoms with Crippen molar-refractivity contribution in [2.75, 3.05) is 7.11 Å². The van der Waals surface area contributed by atoms with Crippen molar-refractivity contribution in [1.29, 1.82) is 0 Å². The van der Waals surface area contributed by atoms with Crippen molar-refractivity contribution in [3.05, 3.63) is 59.7 Å². The minimum absolute atomic E-state index is 0.160. The molecule has 0 aromatic heterocycles. The van der Waals surface area contributed by atoms with E-state index < -0.39 is 11.9 Å². The van der Waals surface area contributed by atoms with E-state index in [0.29, 0.717) is 16.9 Å². The van der Waals surface area contributed by atoms with Gasteiger partial charge >= 0.3 is 11.9 Å². The van der Waals surface area contributed by atoms with Gasteiger partial charge in [0.2, 0.25) is 0 Å². The lowest BCUT2D eigenvalue weighted by molar-refractivity contribution is -0.132. The van der Waals surface area contributed by atoms with Gasteiger partial charge in [0.15, 0.2) is 11.5 Å². The molecule has 0 aliphatic carbocycles. The van der Waals surface area contributed by atoms with Crippen LogP contribution in [-0.2, 0) is 9.59 Å². The predicted molar refractivity (Wildman–Crippen MR) is 86.3 cm³/mol. The number of aliphatic carboxylic acids is 1. The molecular weight excluding hydrogens is 296 g/mol. The van der Waals surface area contributed by atoms with E-state index in [9.17, 15) is 14.7 Å². The Balaban J connectivity index is 2.43. The van der Waals surface area contributed by atoms with Crippen molar-refractivity contribution in [3.63, 3.8) is 0 Å². The topological polar surface area (TPSA) is 72.8 Å². The van der Waals surface area contributed by atoms with Gasteiger partial charge in [0.05, 0.1) is 12.7 Å². The van der Waals surface area contributed by atoms with Crippen molar-refractivity contribution < 1.29 is 24.2 Å². The maximum atomic E-state index is 11.5. The highest BCUT2D eigenvalue weighted by Gasteiger charge is 2.12. The van der Waals surface area contributed by atoms with E-state index in [4.69, 9.17) is 9.47 Å². The van der Waals surface area contributed by atoms with E-state index in [1.807, 2.05) is 6.07 Å². The fourth-order valence-corrected chi connectivity index (χ4v) is 2.07. The van der Waals surface area contributed by atoms with Gasteiger partial charge in [-0.05, 0) is 29.3 Å². The summed E-state index contributed by atoms with van der Waals surface area (Å²) in [5.74, 6) is -0.846. The van der Waals surface area contributed by atoms with Crippen molar-refractivity contribution in [1.82, 2.24) is 0 Å². The van der Waals surface area contributed by atoms with Crippen LogP contribution in [0.4, 0.5) is 0 Å². The van der Waals surface area contributed by atoms with Crippen LogP contribution in [0, 0.1) is 0 Å². The highest BCUT2D eigenvalue weighted by atomic mass is 16.6. The Morgan fingerprint density at radius 2 is 1.74 bits per heavy atom. The highest BCUT2D eigenvalue weighted by molar-refractivity contribution is 6.20. The molecule has 118 valence electrons. The zero-order chi connectivity index (χ0) is 16.8. The van der Waals surface area contributed by atoms with Gasteiger partial charge in [-0.2, -0.15) is 0 Å². The van der Waals surface area contributed by atoms with E-state index in [2.05, 4.69) is 0 Å². The van der Waals surface area contributed by atoms with Crippen LogP contribution < -0.4 is 9.47 Å². The second-order valence-electron chi connectivity index (χ2n) is 4.73. The Kier molecular flexibility index (Phi) is 5.15. The molecule has 2 rings (SSSR count). The van der Waals surface area contributed by atoms with Crippen molar-refractivity contribution in [2.24, 2.45) is 0 Å². The van der Waals surface area contributed by atoms with Crippen LogP contribution in [0.5, 0.6) is 11.5 Å². The molecule has 0 spiro atoms. The molecule has 0 amide bonds. The summed E-state index contributed by atoms with van der Waals surface area (Å²) < 4.78 is 10.2. The number of hydrogen-bond acceptors (Lipinski definition) is 4. The number of methoxy groups -OCH3 is 1. The summed E-state index contributed by atoms with van der Waals surface area (Å²) in [6, 6.07) is 13.7. The van der Waals surface area contributed by atoms with Gasteiger partial charge in [0.1, 0.15) is 0 Å². The van der Waals surface area contributed by atoms with Gasteiger partial charge < -0.3 is 14.6 Å². The molecule has 0 heterocycles. The average molecular weight is 312 g/mol. The summed E-state index contributed by atoms with van der Waals surface area (Å²) in [7, 11) is 1.45. The van der Waals surface area contributed by atoms with Crippen LogP contribution in [-0.4, -0.2) is 24.2 Å². The Morgan fingerprint density at radius 1 is 1.04 bits per heavy atom. The average Bonchev–Trinajstić information content (AvgIpc) is 2.53. The maximum Gasteiger partial charge on any atom is 0.336 e. The molecular formula is C18H16O5. The van der Waals surface area contributed by atoms with Crippen LogP contribution in [0.1, 0.15) is 18.1 Å². The number of rotatable bonds is 5. The minimum atomic E-state index is -1.03. The zero-order valence-corrected chi connectivity index (χ0v) is 12.8. The second-order valence-corrected chi connectivity index (χ2v) is 4.73. The summed E-state index contributed by atoms with van der Waals surface area (Å²) >= 11 is 0. The molecule has 2 aromatic rings.